The number of nitrogens with one attached hydrogen (secondary N) is 1. The maximum Gasteiger partial charge on any atom is 0.397 e. The average molecular weight is 753 g/mol. The summed E-state index contributed by atoms with van der Waals surface area (Å²) in [7, 11) is -18.2. The molecule has 3 aromatic rings. The number of ether oxygens (including phenoxy) is 1. The normalized spacial score (nSPS) is 12.1. The van der Waals surface area contributed by atoms with Crippen LogP contribution < -0.4 is 10.1 Å². The second-order valence-electron chi connectivity index (χ2n) is 8.37. The second-order valence-corrected chi connectivity index (χ2v) is 14.4. The van der Waals surface area contributed by atoms with Crippen LogP contribution in [0.2, 0.25) is 0 Å². The minimum absolute atomic E-state index is 0. The van der Waals surface area contributed by atoms with Gasteiger partial charge in [-0.3, -0.25) is 18.5 Å². The number of amides is 1. The number of aromatic hydroxyl groups is 1. The molecule has 1 amide bonds. The zero-order valence-electron chi connectivity index (χ0n) is 24.7. The van der Waals surface area contributed by atoms with Crippen LogP contribution in [0.15, 0.2) is 61.3 Å². The number of benzene rings is 3. The summed E-state index contributed by atoms with van der Waals surface area (Å²) in [5.74, 6) is -2.84. The van der Waals surface area contributed by atoms with Crippen molar-refractivity contribution in [2.75, 3.05) is 24.8 Å². The molecule has 0 heterocycles. The molecule has 0 saturated heterocycles. The van der Waals surface area contributed by atoms with E-state index in [1.54, 1.807) is 0 Å². The van der Waals surface area contributed by atoms with Crippen molar-refractivity contribution in [2.45, 2.75) is 21.6 Å². The Kier molecular flexibility index (Phi) is 17.0. The third-order valence-corrected chi connectivity index (χ3v) is 9.20. The monoisotopic (exact) mass is 752 g/mol. The number of hydrogen-bond acceptors (Lipinski definition) is 14. The number of fused-ring (bicyclic) bond motifs is 1. The fraction of sp³-hybridized carbons (Fsp3) is 0.190. The summed E-state index contributed by atoms with van der Waals surface area (Å²) in [6.07, 6.45) is 0. The van der Waals surface area contributed by atoms with Crippen molar-refractivity contribution >= 4 is 163 Å². The summed E-state index contributed by atoms with van der Waals surface area (Å²) in [6, 6.07) is 5.22. The Morgan fingerprint density at radius 1 is 0.848 bits per heavy atom. The molecule has 0 saturated carbocycles. The molecule has 3 aromatic carbocycles. The van der Waals surface area contributed by atoms with Crippen LogP contribution in [0.25, 0.3) is 10.8 Å². The van der Waals surface area contributed by atoms with Gasteiger partial charge in [-0.25, -0.2) is 12.6 Å². The van der Waals surface area contributed by atoms with Crippen LogP contribution in [-0.2, 0) is 49.5 Å². The smallest absolute Gasteiger partial charge is 0.397 e. The number of anilines is 1. The molecule has 237 valence electrons. The van der Waals surface area contributed by atoms with Gasteiger partial charge < -0.3 is 15.2 Å². The average Bonchev–Trinajstić information content (AvgIpc) is 2.85. The van der Waals surface area contributed by atoms with Gasteiger partial charge in [0.05, 0.1) is 34.9 Å². The largest absolute Gasteiger partial charge is 0.505 e. The van der Waals surface area contributed by atoms with Crippen molar-refractivity contribution < 1.29 is 66.2 Å². The molecule has 0 spiro atoms. The Bertz CT molecular complexity index is 2110. The molecule has 3 rings (SSSR count). The van der Waals surface area contributed by atoms with Crippen LogP contribution in [0.1, 0.15) is 6.92 Å². The van der Waals surface area contributed by atoms with E-state index in [1.807, 2.05) is 0 Å². The van der Waals surface area contributed by atoms with Gasteiger partial charge in [0.15, 0.2) is 15.6 Å². The first-order chi connectivity index (χ1) is 19.6. The first-order valence-corrected chi connectivity index (χ1v) is 17.0. The van der Waals surface area contributed by atoms with Crippen LogP contribution in [0.4, 0.5) is 17.1 Å². The van der Waals surface area contributed by atoms with Crippen LogP contribution in [-0.4, -0.2) is 166 Å². The SMILES string of the molecule is COc1ccc(S(=O)(=O)CCOS(=O)(=O)O)cc1N=Nc1c(S(=O)(=O)O)cc2cc(S(=O)(=O)O)cc(NC(C)=O)c2c1O.[Na].[Na].[Na]. The summed E-state index contributed by atoms with van der Waals surface area (Å²) >= 11 is 0. The first kappa shape index (κ1) is 45.2. The fourth-order valence-corrected chi connectivity index (χ4v) is 6.31. The maximum atomic E-state index is 12.6. The number of carbonyl (C=O) groups excluding carboxylic acids is 1. The molecule has 0 aliphatic rings. The predicted molar refractivity (Wildman–Crippen MR) is 164 cm³/mol. The van der Waals surface area contributed by atoms with E-state index in [0.717, 1.165) is 44.4 Å². The summed E-state index contributed by atoms with van der Waals surface area (Å²) < 4.78 is 132. The standard InChI is InChI=1S/C21H21N3O15S4.3Na/c1-11(25)22-16-10-14(41(29,30)31)7-12-8-18(42(32,33)34)20(21(26)19(12)16)24-23-15-9-13(3-4-17(15)38-2)40(27,28)6-5-39-43(35,36)37;;;/h3-4,7-10,26H,5-6H2,1-2H3,(H,22,25)(H,29,30,31)(H,32,33,34)(H,35,36,37);;;. The van der Waals surface area contributed by atoms with Gasteiger partial charge in [0.25, 0.3) is 20.2 Å². The Labute approximate surface area is 329 Å². The third-order valence-electron chi connectivity index (χ3n) is 5.36. The number of sulfone groups is 1. The Balaban J connectivity index is 0.00000675. The zero-order chi connectivity index (χ0) is 32.5. The van der Waals surface area contributed by atoms with Crippen LogP contribution in [0.5, 0.6) is 11.5 Å². The Hall–Kier alpha value is -0.770. The second kappa shape index (κ2) is 17.2. The number of carbonyl (C=O) groups is 1. The summed E-state index contributed by atoms with van der Waals surface area (Å²) in [4.78, 5) is 9.38. The quantitative estimate of drug-likeness (QED) is 0.103. The molecule has 5 N–H and O–H groups in total. The number of phenolic OH excluding ortho intramolecular Hbond substituents is 1. The van der Waals surface area contributed by atoms with Gasteiger partial charge in [0.2, 0.25) is 5.91 Å². The van der Waals surface area contributed by atoms with E-state index in [9.17, 15) is 52.7 Å². The number of methoxy groups -OCH3 is 1. The van der Waals surface area contributed by atoms with E-state index in [0.29, 0.717) is 6.07 Å². The van der Waals surface area contributed by atoms with E-state index in [-0.39, 0.29) is 111 Å². The van der Waals surface area contributed by atoms with Gasteiger partial charge in [-0.2, -0.15) is 25.3 Å². The van der Waals surface area contributed by atoms with E-state index >= 15 is 0 Å². The minimum atomic E-state index is -5.23. The molecule has 0 fully saturated rings. The first-order valence-electron chi connectivity index (χ1n) is 11.1. The summed E-state index contributed by atoms with van der Waals surface area (Å²) in [5.41, 5.74) is -1.71. The van der Waals surface area contributed by atoms with Crippen molar-refractivity contribution in [3.8, 4) is 11.5 Å². The summed E-state index contributed by atoms with van der Waals surface area (Å²) in [6.45, 7) is 0.0843. The Morgan fingerprint density at radius 2 is 1.46 bits per heavy atom. The van der Waals surface area contributed by atoms with Gasteiger partial charge in [0, 0.05) is 101 Å². The number of hydrogen-bond donors (Lipinski definition) is 5. The molecule has 0 bridgehead atoms. The van der Waals surface area contributed by atoms with Crippen molar-refractivity contribution in [2.24, 2.45) is 10.2 Å². The van der Waals surface area contributed by atoms with Crippen molar-refractivity contribution in [1.82, 2.24) is 0 Å². The third kappa shape index (κ3) is 11.7. The van der Waals surface area contributed by atoms with Gasteiger partial charge >= 0.3 is 10.4 Å². The van der Waals surface area contributed by atoms with Crippen molar-refractivity contribution in [3.05, 3.63) is 36.4 Å². The van der Waals surface area contributed by atoms with Gasteiger partial charge in [-0.15, -0.1) is 10.2 Å². The van der Waals surface area contributed by atoms with Gasteiger partial charge in [-0.1, -0.05) is 0 Å². The van der Waals surface area contributed by atoms with Crippen molar-refractivity contribution in [1.29, 1.82) is 0 Å². The molecule has 0 aliphatic carbocycles. The molecule has 0 atom stereocenters. The number of phenols is 1. The topological polar surface area (TPSA) is 290 Å². The number of nitrogens with zero attached hydrogens (tertiary/aromatic N) is 2. The summed E-state index contributed by atoms with van der Waals surface area (Å²) in [5, 5.41) is 19.9. The Morgan fingerprint density at radius 3 is 1.96 bits per heavy atom. The molecular weight excluding hydrogens is 731 g/mol. The van der Waals surface area contributed by atoms with E-state index in [1.165, 1.54) is 0 Å². The van der Waals surface area contributed by atoms with Crippen molar-refractivity contribution in [3.63, 3.8) is 0 Å². The molecule has 18 nitrogen and oxygen atoms in total. The van der Waals surface area contributed by atoms with E-state index in [4.69, 9.17) is 9.29 Å². The van der Waals surface area contributed by atoms with Gasteiger partial charge in [-0.05, 0) is 41.8 Å². The predicted octanol–water partition coefficient (Wildman–Crippen LogP) is 0.872. The van der Waals surface area contributed by atoms with Crippen LogP contribution in [0, 0.1) is 0 Å². The minimum Gasteiger partial charge on any atom is -0.505 e. The van der Waals surface area contributed by atoms with Crippen LogP contribution >= 0.6 is 0 Å². The molecule has 3 radical (unpaired) electrons. The molecular formula is C21H21N3Na3O15S4. The number of rotatable bonds is 11. The fourth-order valence-electron chi connectivity index (χ4n) is 3.60. The van der Waals surface area contributed by atoms with Crippen LogP contribution in [0.3, 0.4) is 0 Å². The zero-order valence-corrected chi connectivity index (χ0v) is 34.0. The maximum absolute atomic E-state index is 12.6. The molecule has 0 aromatic heterocycles. The molecule has 46 heavy (non-hydrogen) atoms. The van der Waals surface area contributed by atoms with E-state index < -0.39 is 90.6 Å². The van der Waals surface area contributed by atoms with E-state index in [2.05, 4.69) is 19.7 Å². The molecule has 0 unspecified atom stereocenters. The molecule has 0 aliphatic heterocycles. The van der Waals surface area contributed by atoms with Gasteiger partial charge in [0.1, 0.15) is 22.0 Å². The molecule has 25 heteroatoms. The number of azo groups is 1.